The van der Waals surface area contributed by atoms with E-state index in [0.717, 1.165) is 41.5 Å². The largest absolute Gasteiger partial charge is 0.207 e. The van der Waals surface area contributed by atoms with E-state index in [9.17, 15) is 0 Å². The zero-order valence-corrected chi connectivity index (χ0v) is 19.7. The topological polar surface area (TPSA) is 0 Å². The van der Waals surface area contributed by atoms with Crippen molar-refractivity contribution in [1.29, 1.82) is 0 Å². The lowest BCUT2D eigenvalue weighted by Gasteiger charge is -2.42. The van der Waals surface area contributed by atoms with Gasteiger partial charge in [-0.05, 0) is 77.2 Å². The number of hydrogen-bond donors (Lipinski definition) is 0. The highest BCUT2D eigenvalue weighted by Gasteiger charge is 2.42. The first kappa shape index (κ1) is 22.3. The van der Waals surface area contributed by atoms with Crippen LogP contribution in [0.3, 0.4) is 0 Å². The van der Waals surface area contributed by atoms with Gasteiger partial charge in [0.1, 0.15) is 5.83 Å². The Kier molecular flexibility index (Phi) is 6.20. The van der Waals surface area contributed by atoms with E-state index in [4.69, 9.17) is 0 Å². The van der Waals surface area contributed by atoms with E-state index >= 15 is 4.39 Å². The Hall–Kier alpha value is -2.93. The molecule has 0 aliphatic heterocycles. The summed E-state index contributed by atoms with van der Waals surface area (Å²) in [5, 5.41) is 0. The summed E-state index contributed by atoms with van der Waals surface area (Å²) in [6.45, 7) is 13.1. The first-order valence-electron chi connectivity index (χ1n) is 11.7. The maximum atomic E-state index is 15.4. The van der Waals surface area contributed by atoms with E-state index in [1.54, 1.807) is 6.08 Å². The molecule has 0 heterocycles. The summed E-state index contributed by atoms with van der Waals surface area (Å²) < 4.78 is 15.4. The smallest absolute Gasteiger partial charge is 0.123 e. The van der Waals surface area contributed by atoms with Crippen LogP contribution in [-0.2, 0) is 5.41 Å². The van der Waals surface area contributed by atoms with Gasteiger partial charge in [0, 0.05) is 11.0 Å². The Bertz CT molecular complexity index is 1150. The molecule has 32 heavy (non-hydrogen) atoms. The third-order valence-corrected chi connectivity index (χ3v) is 6.97. The Morgan fingerprint density at radius 1 is 1.09 bits per heavy atom. The fraction of sp³-hybridized carbons (Fsp3) is 0.290. The van der Waals surface area contributed by atoms with Crippen LogP contribution in [-0.4, -0.2) is 0 Å². The Balaban J connectivity index is 1.93. The fourth-order valence-electron chi connectivity index (χ4n) is 5.46. The molecule has 2 aromatic rings. The summed E-state index contributed by atoms with van der Waals surface area (Å²) in [5.74, 6) is 0.179. The van der Waals surface area contributed by atoms with Crippen molar-refractivity contribution in [1.82, 2.24) is 0 Å². The van der Waals surface area contributed by atoms with E-state index in [0.29, 0.717) is 0 Å². The Morgan fingerprint density at radius 3 is 2.53 bits per heavy atom. The van der Waals surface area contributed by atoms with E-state index in [1.807, 2.05) is 6.07 Å². The van der Waals surface area contributed by atoms with Crippen molar-refractivity contribution in [3.05, 3.63) is 119 Å². The van der Waals surface area contributed by atoms with Gasteiger partial charge < -0.3 is 0 Å². The second-order valence-electron chi connectivity index (χ2n) is 9.29. The van der Waals surface area contributed by atoms with Crippen LogP contribution >= 0.6 is 0 Å². The van der Waals surface area contributed by atoms with Crippen LogP contribution in [0.1, 0.15) is 69.2 Å². The van der Waals surface area contributed by atoms with Gasteiger partial charge in [0.2, 0.25) is 0 Å². The van der Waals surface area contributed by atoms with Crippen molar-refractivity contribution in [3.8, 4) is 0 Å². The number of benzene rings is 2. The van der Waals surface area contributed by atoms with E-state index in [1.165, 1.54) is 22.3 Å². The van der Waals surface area contributed by atoms with Crippen molar-refractivity contribution >= 4 is 11.1 Å². The normalized spacial score (nSPS) is 20.3. The van der Waals surface area contributed by atoms with E-state index in [2.05, 4.69) is 95.0 Å². The van der Waals surface area contributed by atoms with Gasteiger partial charge in [0.05, 0.1) is 0 Å². The maximum Gasteiger partial charge on any atom is 0.123 e. The predicted molar refractivity (Wildman–Crippen MR) is 136 cm³/mol. The summed E-state index contributed by atoms with van der Waals surface area (Å²) in [7, 11) is 0. The number of hydrogen-bond acceptors (Lipinski definition) is 0. The molecule has 0 N–H and O–H groups in total. The van der Waals surface area contributed by atoms with Crippen LogP contribution in [0.2, 0.25) is 0 Å². The average Bonchev–Trinajstić information content (AvgIpc) is 2.79. The third-order valence-electron chi connectivity index (χ3n) is 6.97. The summed E-state index contributed by atoms with van der Waals surface area (Å²) in [6, 6.07) is 16.9. The highest BCUT2D eigenvalue weighted by molar-refractivity contribution is 5.95. The van der Waals surface area contributed by atoms with E-state index in [-0.39, 0.29) is 11.7 Å². The highest BCUT2D eigenvalue weighted by Crippen LogP contribution is 2.55. The third kappa shape index (κ3) is 3.64. The molecule has 0 spiro atoms. The van der Waals surface area contributed by atoms with Gasteiger partial charge in [0.15, 0.2) is 0 Å². The molecule has 1 unspecified atom stereocenters. The first-order chi connectivity index (χ1) is 15.4. The number of allylic oxidation sites excluding steroid dienone is 8. The lowest BCUT2D eigenvalue weighted by molar-refractivity contribution is 0.500. The Labute approximate surface area is 192 Å². The molecule has 0 nitrogen and oxygen atoms in total. The zero-order valence-electron chi connectivity index (χ0n) is 19.7. The summed E-state index contributed by atoms with van der Waals surface area (Å²) in [4.78, 5) is 0. The molecule has 164 valence electrons. The van der Waals surface area contributed by atoms with Crippen LogP contribution in [0.15, 0.2) is 96.4 Å². The number of fused-ring (bicyclic) bond motifs is 1. The van der Waals surface area contributed by atoms with Gasteiger partial charge in [-0.3, -0.25) is 0 Å². The van der Waals surface area contributed by atoms with E-state index < -0.39 is 5.41 Å². The van der Waals surface area contributed by atoms with Gasteiger partial charge in [0.25, 0.3) is 0 Å². The molecule has 0 fully saturated rings. The quantitative estimate of drug-likeness (QED) is 0.420. The van der Waals surface area contributed by atoms with Crippen LogP contribution < -0.4 is 0 Å². The van der Waals surface area contributed by atoms with Crippen molar-refractivity contribution in [2.75, 3.05) is 0 Å². The molecule has 0 amide bonds. The van der Waals surface area contributed by atoms with Crippen LogP contribution in [0, 0.1) is 5.92 Å². The SMILES string of the molecule is C=C1C2=C(C(F)=CCC2CC=CCC)C(C)(C)c2cccc(/C(=C\C)c3ccccc3)c21. The van der Waals surface area contributed by atoms with Crippen LogP contribution in [0.4, 0.5) is 4.39 Å². The van der Waals surface area contributed by atoms with Crippen molar-refractivity contribution < 1.29 is 4.39 Å². The predicted octanol–water partition coefficient (Wildman–Crippen LogP) is 8.97. The monoisotopic (exact) mass is 424 g/mol. The molecule has 2 aromatic carbocycles. The molecule has 0 radical (unpaired) electrons. The number of rotatable bonds is 5. The molecule has 2 aliphatic rings. The molecule has 1 atom stereocenters. The molecule has 0 saturated carbocycles. The van der Waals surface area contributed by atoms with Gasteiger partial charge in [-0.2, -0.15) is 0 Å². The minimum Gasteiger partial charge on any atom is -0.207 e. The first-order valence-corrected chi connectivity index (χ1v) is 11.7. The average molecular weight is 425 g/mol. The highest BCUT2D eigenvalue weighted by atomic mass is 19.1. The molecule has 0 saturated heterocycles. The fourth-order valence-corrected chi connectivity index (χ4v) is 5.46. The molecular weight excluding hydrogens is 391 g/mol. The van der Waals surface area contributed by atoms with Crippen molar-refractivity contribution in [2.24, 2.45) is 5.92 Å². The standard InChI is InChI=1S/C31H33F/c1-6-8-10-16-23-19-20-27(32)30-28(23)21(3)29-25(17-13-18-26(29)31(30,4)5)24(7-2)22-14-11-9-12-15-22/h7-15,17-18,20,23H,3,6,16,19H2,1-2,4-5H3/b10-8?,24-7-. The zero-order chi connectivity index (χ0) is 22.9. The molecule has 0 bridgehead atoms. The molecule has 1 heteroatoms. The summed E-state index contributed by atoms with van der Waals surface area (Å²) in [5.41, 5.74) is 8.38. The summed E-state index contributed by atoms with van der Waals surface area (Å²) in [6.07, 6.45) is 11.1. The molecule has 2 aliphatic carbocycles. The lowest BCUT2D eigenvalue weighted by atomic mass is 9.61. The summed E-state index contributed by atoms with van der Waals surface area (Å²) >= 11 is 0. The molecular formula is C31H33F. The minimum absolute atomic E-state index is 0.0766. The number of halogens is 1. The van der Waals surface area contributed by atoms with Gasteiger partial charge >= 0.3 is 0 Å². The Morgan fingerprint density at radius 2 is 1.84 bits per heavy atom. The van der Waals surface area contributed by atoms with Gasteiger partial charge in [-0.25, -0.2) is 4.39 Å². The van der Waals surface area contributed by atoms with Crippen LogP contribution in [0.5, 0.6) is 0 Å². The maximum absolute atomic E-state index is 15.4. The molecule has 4 rings (SSSR count). The van der Waals surface area contributed by atoms with Gasteiger partial charge in [-0.15, -0.1) is 0 Å². The second-order valence-corrected chi connectivity index (χ2v) is 9.29. The minimum atomic E-state index is -0.425. The van der Waals surface area contributed by atoms with Crippen molar-refractivity contribution in [3.63, 3.8) is 0 Å². The molecule has 0 aromatic heterocycles. The van der Waals surface area contributed by atoms with Crippen LogP contribution in [0.25, 0.3) is 11.1 Å². The van der Waals surface area contributed by atoms with Crippen molar-refractivity contribution in [2.45, 2.75) is 52.4 Å². The second kappa shape index (κ2) is 8.90. The lowest BCUT2D eigenvalue weighted by Crippen LogP contribution is -2.32. The van der Waals surface area contributed by atoms with Gasteiger partial charge in [-0.1, -0.05) is 94.1 Å².